The highest BCUT2D eigenvalue weighted by Crippen LogP contribution is 2.26. The molecule has 0 spiro atoms. The number of aromatic nitrogens is 3. The highest BCUT2D eigenvalue weighted by atomic mass is 16.5. The SMILES string of the molecule is COCCn1cnc2c(oc3nc(C)cc(C)c32)c1=O. The number of hydrogen-bond acceptors (Lipinski definition) is 5. The van der Waals surface area contributed by atoms with E-state index >= 15 is 0 Å². The molecule has 0 saturated heterocycles. The van der Waals surface area contributed by atoms with Crippen molar-refractivity contribution in [3.05, 3.63) is 34.0 Å². The van der Waals surface area contributed by atoms with Gasteiger partial charge in [0.2, 0.25) is 11.3 Å². The van der Waals surface area contributed by atoms with Crippen LogP contribution in [0.1, 0.15) is 11.3 Å². The zero-order valence-electron chi connectivity index (χ0n) is 11.6. The Morgan fingerprint density at radius 3 is 2.95 bits per heavy atom. The number of furan rings is 1. The number of fused-ring (bicyclic) bond motifs is 3. The van der Waals surface area contributed by atoms with Gasteiger partial charge in [0.15, 0.2) is 0 Å². The van der Waals surface area contributed by atoms with E-state index in [1.165, 1.54) is 10.9 Å². The Morgan fingerprint density at radius 1 is 1.40 bits per heavy atom. The van der Waals surface area contributed by atoms with Gasteiger partial charge < -0.3 is 9.15 Å². The van der Waals surface area contributed by atoms with Gasteiger partial charge in [-0.05, 0) is 25.5 Å². The molecular weight excluding hydrogens is 258 g/mol. The topological polar surface area (TPSA) is 70.2 Å². The van der Waals surface area contributed by atoms with Crippen LogP contribution in [0.2, 0.25) is 0 Å². The second kappa shape index (κ2) is 4.72. The molecule has 0 aliphatic rings. The van der Waals surface area contributed by atoms with Gasteiger partial charge in [-0.3, -0.25) is 9.36 Å². The fourth-order valence-corrected chi connectivity index (χ4v) is 2.35. The summed E-state index contributed by atoms with van der Waals surface area (Å²) in [6.07, 6.45) is 1.53. The largest absolute Gasteiger partial charge is 0.430 e. The maximum Gasteiger partial charge on any atom is 0.297 e. The minimum absolute atomic E-state index is 0.206. The minimum Gasteiger partial charge on any atom is -0.430 e. The number of hydrogen-bond donors (Lipinski definition) is 0. The molecule has 3 aromatic rings. The molecule has 0 unspecified atom stereocenters. The average Bonchev–Trinajstić information content (AvgIpc) is 2.77. The summed E-state index contributed by atoms with van der Waals surface area (Å²) in [5.74, 6) is 0. The third-order valence-corrected chi connectivity index (χ3v) is 3.28. The molecule has 3 aromatic heterocycles. The van der Waals surface area contributed by atoms with Crippen molar-refractivity contribution in [2.45, 2.75) is 20.4 Å². The van der Waals surface area contributed by atoms with Crippen molar-refractivity contribution in [2.24, 2.45) is 0 Å². The molecule has 3 heterocycles. The summed E-state index contributed by atoms with van der Waals surface area (Å²) in [6.45, 7) is 4.75. The van der Waals surface area contributed by atoms with Gasteiger partial charge >= 0.3 is 0 Å². The van der Waals surface area contributed by atoms with Crippen LogP contribution in [0, 0.1) is 13.8 Å². The Hall–Kier alpha value is -2.21. The molecule has 0 N–H and O–H groups in total. The zero-order valence-corrected chi connectivity index (χ0v) is 11.6. The van der Waals surface area contributed by atoms with Crippen LogP contribution < -0.4 is 5.56 Å². The average molecular weight is 273 g/mol. The molecule has 0 aliphatic carbocycles. The van der Waals surface area contributed by atoms with E-state index in [1.807, 2.05) is 19.9 Å². The first-order chi connectivity index (χ1) is 9.61. The quantitative estimate of drug-likeness (QED) is 0.727. The zero-order chi connectivity index (χ0) is 14.3. The lowest BCUT2D eigenvalue weighted by Crippen LogP contribution is -2.22. The summed E-state index contributed by atoms with van der Waals surface area (Å²) >= 11 is 0. The van der Waals surface area contributed by atoms with Gasteiger partial charge in [0.05, 0.1) is 24.9 Å². The van der Waals surface area contributed by atoms with E-state index in [0.717, 1.165) is 16.6 Å². The molecule has 0 aromatic carbocycles. The molecule has 0 fully saturated rings. The number of nitrogens with zero attached hydrogens (tertiary/aromatic N) is 3. The van der Waals surface area contributed by atoms with Crippen molar-refractivity contribution in [1.29, 1.82) is 0 Å². The molecule has 3 rings (SSSR count). The van der Waals surface area contributed by atoms with Crippen molar-refractivity contribution in [3.63, 3.8) is 0 Å². The van der Waals surface area contributed by atoms with Gasteiger partial charge in [-0.15, -0.1) is 0 Å². The molecule has 0 bridgehead atoms. The van der Waals surface area contributed by atoms with Gasteiger partial charge in [-0.1, -0.05) is 0 Å². The predicted octanol–water partition coefficient (Wildman–Crippen LogP) is 1.80. The minimum atomic E-state index is -0.206. The van der Waals surface area contributed by atoms with Gasteiger partial charge in [0, 0.05) is 12.8 Å². The van der Waals surface area contributed by atoms with Crippen LogP contribution in [0.3, 0.4) is 0 Å². The van der Waals surface area contributed by atoms with Crippen LogP contribution in [0.25, 0.3) is 22.2 Å². The molecule has 6 heteroatoms. The van der Waals surface area contributed by atoms with E-state index in [1.54, 1.807) is 7.11 Å². The van der Waals surface area contributed by atoms with Crippen LogP contribution in [-0.2, 0) is 11.3 Å². The van der Waals surface area contributed by atoms with E-state index in [2.05, 4.69) is 9.97 Å². The van der Waals surface area contributed by atoms with Crippen molar-refractivity contribution < 1.29 is 9.15 Å². The summed E-state index contributed by atoms with van der Waals surface area (Å²) in [5, 5.41) is 0.807. The lowest BCUT2D eigenvalue weighted by atomic mass is 10.1. The molecule has 0 amide bonds. The number of aryl methyl sites for hydroxylation is 2. The van der Waals surface area contributed by atoms with Gasteiger partial charge in [0.1, 0.15) is 5.52 Å². The fourth-order valence-electron chi connectivity index (χ4n) is 2.35. The van der Waals surface area contributed by atoms with Crippen LogP contribution in [0.4, 0.5) is 0 Å². The summed E-state index contributed by atoms with van der Waals surface area (Å²) in [6, 6.07) is 1.95. The van der Waals surface area contributed by atoms with Gasteiger partial charge in [-0.2, -0.15) is 0 Å². The predicted molar refractivity (Wildman–Crippen MR) is 74.9 cm³/mol. The van der Waals surface area contributed by atoms with E-state index in [4.69, 9.17) is 9.15 Å². The smallest absolute Gasteiger partial charge is 0.297 e. The molecule has 104 valence electrons. The Kier molecular flexibility index (Phi) is 3.02. The monoisotopic (exact) mass is 273 g/mol. The lowest BCUT2D eigenvalue weighted by Gasteiger charge is -2.02. The normalized spacial score (nSPS) is 11.6. The third-order valence-electron chi connectivity index (χ3n) is 3.28. The van der Waals surface area contributed by atoms with Crippen LogP contribution in [0.5, 0.6) is 0 Å². The van der Waals surface area contributed by atoms with E-state index in [9.17, 15) is 4.79 Å². The Balaban J connectivity index is 2.31. The first-order valence-electron chi connectivity index (χ1n) is 6.36. The molecule has 20 heavy (non-hydrogen) atoms. The molecule has 6 nitrogen and oxygen atoms in total. The number of rotatable bonds is 3. The van der Waals surface area contributed by atoms with Crippen molar-refractivity contribution in [2.75, 3.05) is 13.7 Å². The second-order valence-electron chi connectivity index (χ2n) is 4.78. The summed E-state index contributed by atoms with van der Waals surface area (Å²) in [5.41, 5.74) is 2.94. The van der Waals surface area contributed by atoms with Crippen molar-refractivity contribution >= 4 is 22.2 Å². The molecular formula is C14H15N3O3. The Morgan fingerprint density at radius 2 is 2.20 bits per heavy atom. The summed E-state index contributed by atoms with van der Waals surface area (Å²) in [7, 11) is 1.59. The second-order valence-corrected chi connectivity index (χ2v) is 4.78. The Labute approximate surface area is 115 Å². The highest BCUT2D eigenvalue weighted by Gasteiger charge is 2.16. The first kappa shape index (κ1) is 12.8. The fraction of sp³-hybridized carbons (Fsp3) is 0.357. The first-order valence-corrected chi connectivity index (χ1v) is 6.36. The maximum absolute atomic E-state index is 12.3. The number of ether oxygens (including phenoxy) is 1. The van der Waals surface area contributed by atoms with Crippen LogP contribution >= 0.6 is 0 Å². The highest BCUT2D eigenvalue weighted by molar-refractivity contribution is 6.02. The molecule has 0 atom stereocenters. The van der Waals surface area contributed by atoms with E-state index in [-0.39, 0.29) is 11.1 Å². The number of pyridine rings is 1. The van der Waals surface area contributed by atoms with Crippen LogP contribution in [0.15, 0.2) is 21.6 Å². The Bertz CT molecular complexity index is 848. The third kappa shape index (κ3) is 1.89. The number of methoxy groups -OCH3 is 1. The molecule has 0 radical (unpaired) electrons. The molecule has 0 saturated carbocycles. The van der Waals surface area contributed by atoms with Crippen LogP contribution in [-0.4, -0.2) is 28.3 Å². The van der Waals surface area contributed by atoms with Gasteiger partial charge in [-0.25, -0.2) is 9.97 Å². The van der Waals surface area contributed by atoms with E-state index < -0.39 is 0 Å². The van der Waals surface area contributed by atoms with Crippen molar-refractivity contribution in [1.82, 2.24) is 14.5 Å². The molecule has 0 aliphatic heterocycles. The van der Waals surface area contributed by atoms with Gasteiger partial charge in [0.25, 0.3) is 5.56 Å². The summed E-state index contributed by atoms with van der Waals surface area (Å²) in [4.78, 5) is 21.0. The summed E-state index contributed by atoms with van der Waals surface area (Å²) < 4.78 is 12.1. The standard InChI is InChI=1S/C14H15N3O3/c1-8-6-9(2)16-13-10(8)11-12(20-13)14(18)17(7-15-11)4-5-19-3/h6-7H,4-5H2,1-3H3. The lowest BCUT2D eigenvalue weighted by molar-refractivity contribution is 0.186. The maximum atomic E-state index is 12.3. The van der Waals surface area contributed by atoms with Crippen molar-refractivity contribution in [3.8, 4) is 0 Å². The van der Waals surface area contributed by atoms with E-state index in [0.29, 0.717) is 24.4 Å².